The fraction of sp³-hybridized carbons (Fsp3) is 0.556. The first-order chi connectivity index (χ1) is 6.07. The summed E-state index contributed by atoms with van der Waals surface area (Å²) in [5.41, 5.74) is 1.97. The number of aryl methyl sites for hydroxylation is 1. The molecule has 0 aromatic carbocycles. The lowest BCUT2D eigenvalue weighted by atomic mass is 10.2. The van der Waals surface area contributed by atoms with Crippen LogP contribution in [0.5, 0.6) is 0 Å². The molecule has 13 heavy (non-hydrogen) atoms. The van der Waals surface area contributed by atoms with Crippen molar-refractivity contribution < 1.29 is 4.68 Å². The van der Waals surface area contributed by atoms with Crippen molar-refractivity contribution in [2.45, 2.75) is 33.7 Å². The molecular formula is C9H13Cl2N2+. The Labute approximate surface area is 88.5 Å². The lowest BCUT2D eigenvalue weighted by Gasteiger charge is -2.02. The first-order valence-corrected chi connectivity index (χ1v) is 5.05. The summed E-state index contributed by atoms with van der Waals surface area (Å²) in [6.07, 6.45) is 0.996. The summed E-state index contributed by atoms with van der Waals surface area (Å²) < 4.78 is 1.74. The van der Waals surface area contributed by atoms with Gasteiger partial charge in [0.15, 0.2) is 11.7 Å². The van der Waals surface area contributed by atoms with Gasteiger partial charge in [0, 0.05) is 22.6 Å². The molecular weight excluding hydrogens is 207 g/mol. The predicted octanol–water partition coefficient (Wildman–Crippen LogP) is 2.70. The molecule has 4 heteroatoms. The Morgan fingerprint density at radius 2 is 1.85 bits per heavy atom. The van der Waals surface area contributed by atoms with E-state index in [9.17, 15) is 0 Å². The third-order valence-electron chi connectivity index (χ3n) is 2.05. The van der Waals surface area contributed by atoms with E-state index < -0.39 is 0 Å². The van der Waals surface area contributed by atoms with E-state index in [0.29, 0.717) is 10.3 Å². The van der Waals surface area contributed by atoms with Gasteiger partial charge in [0.25, 0.3) is 0 Å². The van der Waals surface area contributed by atoms with Gasteiger partial charge in [-0.2, -0.15) is 0 Å². The Morgan fingerprint density at radius 3 is 2.38 bits per heavy atom. The third-order valence-corrected chi connectivity index (χ3v) is 2.89. The number of aromatic nitrogens is 2. The predicted molar refractivity (Wildman–Crippen MR) is 54.2 cm³/mol. The molecule has 0 N–H and O–H groups in total. The van der Waals surface area contributed by atoms with Crippen molar-refractivity contribution in [3.63, 3.8) is 0 Å². The Morgan fingerprint density at radius 1 is 1.23 bits per heavy atom. The van der Waals surface area contributed by atoms with E-state index in [0.717, 1.165) is 24.1 Å². The van der Waals surface area contributed by atoms with Crippen LogP contribution in [-0.2, 0) is 6.54 Å². The van der Waals surface area contributed by atoms with Gasteiger partial charge in [-0.15, -0.1) is 0 Å². The van der Waals surface area contributed by atoms with Gasteiger partial charge in [-0.05, 0) is 25.4 Å². The Balaban J connectivity index is 3.24. The van der Waals surface area contributed by atoms with Crippen LogP contribution in [0.15, 0.2) is 0 Å². The molecule has 1 heterocycles. The SMILES string of the molecule is CCC[n+]1nc(Cl)c(C)c(C)c1Cl. The van der Waals surface area contributed by atoms with Crippen LogP contribution < -0.4 is 4.68 Å². The van der Waals surface area contributed by atoms with Crippen molar-refractivity contribution in [3.05, 3.63) is 21.4 Å². The van der Waals surface area contributed by atoms with Crippen LogP contribution in [0.2, 0.25) is 10.3 Å². The van der Waals surface area contributed by atoms with E-state index in [4.69, 9.17) is 23.2 Å². The second-order valence-corrected chi connectivity index (χ2v) is 3.77. The van der Waals surface area contributed by atoms with Crippen LogP contribution in [0, 0.1) is 13.8 Å². The van der Waals surface area contributed by atoms with Gasteiger partial charge in [0.2, 0.25) is 0 Å². The number of hydrogen-bond acceptors (Lipinski definition) is 1. The molecule has 0 unspecified atom stereocenters. The van der Waals surface area contributed by atoms with E-state index >= 15 is 0 Å². The van der Waals surface area contributed by atoms with Gasteiger partial charge in [0.1, 0.15) is 0 Å². The van der Waals surface area contributed by atoms with Crippen molar-refractivity contribution in [1.82, 2.24) is 5.10 Å². The zero-order valence-electron chi connectivity index (χ0n) is 8.06. The summed E-state index contributed by atoms with van der Waals surface area (Å²) in [4.78, 5) is 0. The number of nitrogens with zero attached hydrogens (tertiary/aromatic N) is 2. The van der Waals surface area contributed by atoms with Crippen LogP contribution in [0.1, 0.15) is 24.5 Å². The Bertz CT molecular complexity index is 324. The van der Waals surface area contributed by atoms with Crippen LogP contribution in [0.3, 0.4) is 0 Å². The molecule has 0 saturated heterocycles. The average Bonchev–Trinajstić information content (AvgIpc) is 2.11. The number of rotatable bonds is 2. The quantitative estimate of drug-likeness (QED) is 0.700. The number of halogens is 2. The normalized spacial score (nSPS) is 10.5. The molecule has 0 aliphatic carbocycles. The number of hydrogen-bond donors (Lipinski definition) is 0. The highest BCUT2D eigenvalue weighted by Crippen LogP contribution is 2.19. The van der Waals surface area contributed by atoms with Gasteiger partial charge >= 0.3 is 5.15 Å². The molecule has 0 aliphatic heterocycles. The maximum atomic E-state index is 6.09. The smallest absolute Gasteiger partial charge is 0.0710 e. The fourth-order valence-electron chi connectivity index (χ4n) is 1.09. The summed E-state index contributed by atoms with van der Waals surface area (Å²) in [5.74, 6) is 0. The van der Waals surface area contributed by atoms with E-state index in [2.05, 4.69) is 12.0 Å². The minimum absolute atomic E-state index is 0.537. The standard InChI is InChI=1S/C9H13Cl2N2/c1-4-5-13-9(11)7(3)6(2)8(10)12-13/h4-5H2,1-3H3/q+1. The van der Waals surface area contributed by atoms with E-state index in [1.54, 1.807) is 4.68 Å². The first-order valence-electron chi connectivity index (χ1n) is 4.30. The molecule has 0 bridgehead atoms. The van der Waals surface area contributed by atoms with Gasteiger partial charge in [-0.3, -0.25) is 0 Å². The molecule has 1 aromatic rings. The maximum absolute atomic E-state index is 6.09. The second kappa shape index (κ2) is 4.25. The summed E-state index contributed by atoms with van der Waals surface area (Å²) in [5, 5.41) is 5.39. The molecule has 1 rings (SSSR count). The summed E-state index contributed by atoms with van der Waals surface area (Å²) in [6.45, 7) is 6.76. The monoisotopic (exact) mass is 219 g/mol. The molecule has 72 valence electrons. The molecule has 0 fully saturated rings. The molecule has 0 aliphatic rings. The topological polar surface area (TPSA) is 16.8 Å². The largest absolute Gasteiger partial charge is 0.303 e. The molecule has 0 amide bonds. The maximum Gasteiger partial charge on any atom is 0.303 e. The van der Waals surface area contributed by atoms with Crippen molar-refractivity contribution in [2.24, 2.45) is 0 Å². The third kappa shape index (κ3) is 2.12. The van der Waals surface area contributed by atoms with Gasteiger partial charge < -0.3 is 0 Å². The van der Waals surface area contributed by atoms with Crippen molar-refractivity contribution in [2.75, 3.05) is 0 Å². The Kier molecular flexibility index (Phi) is 3.51. The van der Waals surface area contributed by atoms with Crippen molar-refractivity contribution in [3.8, 4) is 0 Å². The minimum Gasteiger partial charge on any atom is -0.0710 e. The first kappa shape index (κ1) is 10.7. The van der Waals surface area contributed by atoms with Crippen molar-refractivity contribution >= 4 is 23.2 Å². The molecule has 2 nitrogen and oxygen atoms in total. The molecule has 1 aromatic heterocycles. The second-order valence-electron chi connectivity index (χ2n) is 3.05. The van der Waals surface area contributed by atoms with Crippen LogP contribution in [-0.4, -0.2) is 5.10 Å². The van der Waals surface area contributed by atoms with Crippen molar-refractivity contribution in [1.29, 1.82) is 0 Å². The zero-order chi connectivity index (χ0) is 10.0. The molecule has 0 radical (unpaired) electrons. The van der Waals surface area contributed by atoms with Gasteiger partial charge in [-0.1, -0.05) is 23.2 Å². The highest BCUT2D eigenvalue weighted by atomic mass is 35.5. The van der Waals surface area contributed by atoms with Crippen LogP contribution in [0.25, 0.3) is 0 Å². The summed E-state index contributed by atoms with van der Waals surface area (Å²) in [7, 11) is 0. The molecule has 0 spiro atoms. The van der Waals surface area contributed by atoms with Crippen LogP contribution in [0.4, 0.5) is 0 Å². The zero-order valence-corrected chi connectivity index (χ0v) is 9.58. The van der Waals surface area contributed by atoms with Gasteiger partial charge in [0.05, 0.1) is 0 Å². The average molecular weight is 220 g/mol. The van der Waals surface area contributed by atoms with E-state index in [-0.39, 0.29) is 0 Å². The summed E-state index contributed by atoms with van der Waals surface area (Å²) in [6, 6.07) is 0. The van der Waals surface area contributed by atoms with E-state index in [1.165, 1.54) is 0 Å². The summed E-state index contributed by atoms with van der Waals surface area (Å²) >= 11 is 12.0. The lowest BCUT2D eigenvalue weighted by molar-refractivity contribution is -0.751. The van der Waals surface area contributed by atoms with Crippen LogP contribution >= 0.6 is 23.2 Å². The Hall–Kier alpha value is -0.340. The van der Waals surface area contributed by atoms with E-state index in [1.807, 2.05) is 13.8 Å². The molecule has 0 saturated carbocycles. The fourth-order valence-corrected chi connectivity index (χ4v) is 1.58. The highest BCUT2D eigenvalue weighted by Gasteiger charge is 2.17. The minimum atomic E-state index is 0.537. The lowest BCUT2D eigenvalue weighted by Crippen LogP contribution is -2.40. The molecule has 0 atom stereocenters. The van der Waals surface area contributed by atoms with Gasteiger partial charge in [-0.25, -0.2) is 0 Å². The highest BCUT2D eigenvalue weighted by molar-refractivity contribution is 6.31.